The predicted molar refractivity (Wildman–Crippen MR) is 100 cm³/mol. The number of hydrogen-bond acceptors (Lipinski definition) is 4. The average molecular weight is 358 g/mol. The van der Waals surface area contributed by atoms with E-state index < -0.39 is 0 Å². The zero-order chi connectivity index (χ0) is 18.7. The highest BCUT2D eigenvalue weighted by atomic mass is 16.2. The van der Waals surface area contributed by atoms with Crippen LogP contribution in [-0.2, 0) is 16.1 Å². The highest BCUT2D eigenvalue weighted by Gasteiger charge is 2.40. The van der Waals surface area contributed by atoms with Crippen LogP contribution in [0.15, 0.2) is 24.5 Å². The van der Waals surface area contributed by atoms with Crippen molar-refractivity contribution in [1.29, 1.82) is 0 Å². The van der Waals surface area contributed by atoms with Crippen molar-refractivity contribution in [3.05, 3.63) is 30.1 Å². The fraction of sp³-hybridized carbons (Fsp3) is 0.650. The first kappa shape index (κ1) is 18.8. The summed E-state index contributed by atoms with van der Waals surface area (Å²) in [6.07, 6.45) is 5.01. The fourth-order valence-corrected chi connectivity index (χ4v) is 3.88. The second kappa shape index (κ2) is 7.74. The molecule has 26 heavy (non-hydrogen) atoms. The van der Waals surface area contributed by atoms with Gasteiger partial charge in [0.05, 0.1) is 5.92 Å². The Labute approximate surface area is 156 Å². The van der Waals surface area contributed by atoms with Crippen LogP contribution in [-0.4, -0.2) is 69.8 Å². The average Bonchev–Trinajstić information content (AvgIpc) is 2.85. The van der Waals surface area contributed by atoms with Crippen LogP contribution in [0.1, 0.15) is 39.2 Å². The molecule has 2 fully saturated rings. The van der Waals surface area contributed by atoms with Crippen LogP contribution >= 0.6 is 0 Å². The second-order valence-electron chi connectivity index (χ2n) is 8.39. The molecule has 2 saturated heterocycles. The molecule has 1 aromatic rings. The fourth-order valence-electron chi connectivity index (χ4n) is 3.88. The van der Waals surface area contributed by atoms with Gasteiger partial charge in [-0.15, -0.1) is 0 Å². The van der Waals surface area contributed by atoms with E-state index in [4.69, 9.17) is 0 Å². The third kappa shape index (κ3) is 4.41. The standard InChI is InChI=1S/C20H30N4O2/c1-20(2,3)24-15-17(12-18(24)25)19(26)23-9-5-8-22(10-11-23)14-16-6-4-7-21-13-16/h4,6-7,13,17H,5,8-12,14-15H2,1-3H3. The van der Waals surface area contributed by atoms with Gasteiger partial charge in [-0.1, -0.05) is 6.07 Å². The van der Waals surface area contributed by atoms with Crippen LogP contribution in [0.3, 0.4) is 0 Å². The SMILES string of the molecule is CC(C)(C)N1CC(C(=O)N2CCCN(Cc3cccnc3)CC2)CC1=O. The number of rotatable bonds is 3. The Hall–Kier alpha value is -1.95. The lowest BCUT2D eigenvalue weighted by molar-refractivity contribution is -0.135. The van der Waals surface area contributed by atoms with Gasteiger partial charge in [-0.05, 0) is 38.8 Å². The molecule has 6 nitrogen and oxygen atoms in total. The molecule has 1 atom stereocenters. The lowest BCUT2D eigenvalue weighted by Crippen LogP contribution is -2.44. The maximum absolute atomic E-state index is 13.0. The van der Waals surface area contributed by atoms with E-state index in [-0.39, 0.29) is 23.3 Å². The van der Waals surface area contributed by atoms with E-state index in [1.54, 1.807) is 6.20 Å². The van der Waals surface area contributed by atoms with E-state index in [9.17, 15) is 9.59 Å². The van der Waals surface area contributed by atoms with Gasteiger partial charge in [-0.2, -0.15) is 0 Å². The lowest BCUT2D eigenvalue weighted by Gasteiger charge is -2.32. The summed E-state index contributed by atoms with van der Waals surface area (Å²) in [4.78, 5) is 35.6. The minimum atomic E-state index is -0.217. The van der Waals surface area contributed by atoms with Crippen molar-refractivity contribution >= 4 is 11.8 Å². The molecule has 0 aromatic carbocycles. The smallest absolute Gasteiger partial charge is 0.228 e. The van der Waals surface area contributed by atoms with Gasteiger partial charge in [0.25, 0.3) is 0 Å². The van der Waals surface area contributed by atoms with E-state index in [1.165, 1.54) is 5.56 Å². The first-order valence-corrected chi connectivity index (χ1v) is 9.55. The van der Waals surface area contributed by atoms with E-state index >= 15 is 0 Å². The van der Waals surface area contributed by atoms with Crippen molar-refractivity contribution in [2.75, 3.05) is 32.7 Å². The molecule has 0 spiro atoms. The summed E-state index contributed by atoms with van der Waals surface area (Å²) in [5, 5.41) is 0. The number of carbonyl (C=O) groups is 2. The van der Waals surface area contributed by atoms with Gasteiger partial charge in [-0.25, -0.2) is 0 Å². The summed E-state index contributed by atoms with van der Waals surface area (Å²) < 4.78 is 0. The molecule has 142 valence electrons. The van der Waals surface area contributed by atoms with Gasteiger partial charge < -0.3 is 9.80 Å². The molecule has 6 heteroatoms. The molecule has 0 bridgehead atoms. The topological polar surface area (TPSA) is 56.8 Å². The van der Waals surface area contributed by atoms with Gasteiger partial charge >= 0.3 is 0 Å². The summed E-state index contributed by atoms with van der Waals surface area (Å²) in [6, 6.07) is 4.05. The first-order valence-electron chi connectivity index (χ1n) is 9.55. The Morgan fingerprint density at radius 3 is 2.69 bits per heavy atom. The molecule has 3 rings (SSSR count). The molecular weight excluding hydrogens is 328 g/mol. The minimum absolute atomic E-state index is 0.101. The van der Waals surface area contributed by atoms with Crippen molar-refractivity contribution in [3.63, 3.8) is 0 Å². The number of amides is 2. The Balaban J connectivity index is 1.56. The van der Waals surface area contributed by atoms with Gasteiger partial charge in [0.15, 0.2) is 0 Å². The summed E-state index contributed by atoms with van der Waals surface area (Å²) in [6.45, 7) is 10.9. The zero-order valence-electron chi connectivity index (χ0n) is 16.1. The molecule has 2 aliphatic rings. The van der Waals surface area contributed by atoms with E-state index in [0.717, 1.165) is 39.1 Å². The van der Waals surface area contributed by atoms with Crippen LogP contribution in [0, 0.1) is 5.92 Å². The van der Waals surface area contributed by atoms with E-state index in [2.05, 4.69) is 16.0 Å². The molecule has 2 amide bonds. The number of nitrogens with zero attached hydrogens (tertiary/aromatic N) is 4. The largest absolute Gasteiger partial charge is 0.341 e. The van der Waals surface area contributed by atoms with Gasteiger partial charge in [-0.3, -0.25) is 19.5 Å². The van der Waals surface area contributed by atoms with E-state index in [0.29, 0.717) is 13.0 Å². The Bertz CT molecular complexity index is 641. The monoisotopic (exact) mass is 358 g/mol. The van der Waals surface area contributed by atoms with Crippen molar-refractivity contribution < 1.29 is 9.59 Å². The molecule has 2 aliphatic heterocycles. The molecule has 0 radical (unpaired) electrons. The normalized spacial score (nSPS) is 22.6. The number of hydrogen-bond donors (Lipinski definition) is 0. The highest BCUT2D eigenvalue weighted by Crippen LogP contribution is 2.27. The minimum Gasteiger partial charge on any atom is -0.341 e. The Morgan fingerprint density at radius 2 is 2.04 bits per heavy atom. The number of likely N-dealkylation sites (tertiary alicyclic amines) is 1. The molecule has 0 aliphatic carbocycles. The quantitative estimate of drug-likeness (QED) is 0.826. The molecule has 0 saturated carbocycles. The molecule has 0 N–H and O–H groups in total. The van der Waals surface area contributed by atoms with Crippen molar-refractivity contribution in [2.45, 2.75) is 45.7 Å². The van der Waals surface area contributed by atoms with E-state index in [1.807, 2.05) is 42.8 Å². The van der Waals surface area contributed by atoms with Crippen LogP contribution in [0.25, 0.3) is 0 Å². The molecule has 1 unspecified atom stereocenters. The molecule has 1 aromatic heterocycles. The third-order valence-corrected chi connectivity index (χ3v) is 5.31. The lowest BCUT2D eigenvalue weighted by atomic mass is 10.1. The number of aromatic nitrogens is 1. The zero-order valence-corrected chi connectivity index (χ0v) is 16.1. The van der Waals surface area contributed by atoms with Gasteiger partial charge in [0, 0.05) is 63.6 Å². The van der Waals surface area contributed by atoms with Crippen LogP contribution in [0.4, 0.5) is 0 Å². The number of pyridine rings is 1. The van der Waals surface area contributed by atoms with Crippen molar-refractivity contribution in [3.8, 4) is 0 Å². The maximum atomic E-state index is 13.0. The van der Waals surface area contributed by atoms with Crippen molar-refractivity contribution in [2.24, 2.45) is 5.92 Å². The Morgan fingerprint density at radius 1 is 1.23 bits per heavy atom. The van der Waals surface area contributed by atoms with Crippen molar-refractivity contribution in [1.82, 2.24) is 19.7 Å². The molecular formula is C20H30N4O2. The summed E-state index contributed by atoms with van der Waals surface area (Å²) >= 11 is 0. The third-order valence-electron chi connectivity index (χ3n) is 5.31. The summed E-state index contributed by atoms with van der Waals surface area (Å²) in [5.41, 5.74) is 0.986. The first-order chi connectivity index (χ1) is 12.3. The molecule has 3 heterocycles. The summed E-state index contributed by atoms with van der Waals surface area (Å²) in [7, 11) is 0. The van der Waals surface area contributed by atoms with Crippen LogP contribution < -0.4 is 0 Å². The van der Waals surface area contributed by atoms with Crippen LogP contribution in [0.5, 0.6) is 0 Å². The second-order valence-corrected chi connectivity index (χ2v) is 8.39. The maximum Gasteiger partial charge on any atom is 0.228 e. The van der Waals surface area contributed by atoms with Gasteiger partial charge in [0.2, 0.25) is 11.8 Å². The summed E-state index contributed by atoms with van der Waals surface area (Å²) in [5.74, 6) is 0.0591. The Kier molecular flexibility index (Phi) is 5.61. The van der Waals surface area contributed by atoms with Gasteiger partial charge in [0.1, 0.15) is 0 Å². The van der Waals surface area contributed by atoms with Crippen LogP contribution in [0.2, 0.25) is 0 Å². The predicted octanol–water partition coefficient (Wildman–Crippen LogP) is 1.76. The highest BCUT2D eigenvalue weighted by molar-refractivity contribution is 5.89. The number of carbonyl (C=O) groups excluding carboxylic acids is 2.